The first-order valence-corrected chi connectivity index (χ1v) is 10.4. The number of carbonyl (C=O) groups excluding carboxylic acids is 1. The predicted molar refractivity (Wildman–Crippen MR) is 109 cm³/mol. The van der Waals surface area contributed by atoms with E-state index in [0.717, 1.165) is 57.8 Å². The third kappa shape index (κ3) is 5.44. The second kappa shape index (κ2) is 9.72. The maximum absolute atomic E-state index is 12.6. The molecular formula is C21H33N5O. The van der Waals surface area contributed by atoms with E-state index >= 15 is 0 Å². The molecule has 2 fully saturated rings. The van der Waals surface area contributed by atoms with Crippen molar-refractivity contribution in [3.63, 3.8) is 0 Å². The third-order valence-electron chi connectivity index (χ3n) is 5.68. The highest BCUT2D eigenvalue weighted by Crippen LogP contribution is 2.27. The zero-order chi connectivity index (χ0) is 19.1. The van der Waals surface area contributed by atoms with Crippen LogP contribution in [0.15, 0.2) is 23.5 Å². The van der Waals surface area contributed by atoms with Crippen molar-refractivity contribution in [1.82, 2.24) is 20.5 Å². The number of pyridine rings is 1. The molecule has 1 aliphatic heterocycles. The van der Waals surface area contributed by atoms with Gasteiger partial charge in [-0.05, 0) is 56.7 Å². The van der Waals surface area contributed by atoms with Crippen molar-refractivity contribution < 1.29 is 4.79 Å². The molecule has 0 spiro atoms. The van der Waals surface area contributed by atoms with Crippen LogP contribution in [0.1, 0.15) is 50.2 Å². The van der Waals surface area contributed by atoms with Gasteiger partial charge >= 0.3 is 0 Å². The lowest BCUT2D eigenvalue weighted by Crippen LogP contribution is -2.45. The van der Waals surface area contributed by atoms with Gasteiger partial charge in [-0.3, -0.25) is 14.8 Å². The minimum atomic E-state index is 0.272. The first-order valence-electron chi connectivity index (χ1n) is 10.4. The van der Waals surface area contributed by atoms with Gasteiger partial charge in [-0.25, -0.2) is 0 Å². The number of nitrogens with zero attached hydrogens (tertiary/aromatic N) is 3. The van der Waals surface area contributed by atoms with Crippen LogP contribution in [0.5, 0.6) is 0 Å². The summed E-state index contributed by atoms with van der Waals surface area (Å²) in [6.07, 6.45) is 10.2. The first kappa shape index (κ1) is 19.6. The van der Waals surface area contributed by atoms with Crippen LogP contribution >= 0.6 is 0 Å². The average molecular weight is 372 g/mol. The van der Waals surface area contributed by atoms with Crippen molar-refractivity contribution in [3.8, 4) is 0 Å². The number of carbonyl (C=O) groups is 1. The highest BCUT2D eigenvalue weighted by Gasteiger charge is 2.32. The summed E-state index contributed by atoms with van der Waals surface area (Å²) in [7, 11) is 0. The molecule has 1 unspecified atom stereocenters. The van der Waals surface area contributed by atoms with E-state index in [1.807, 2.05) is 12.4 Å². The van der Waals surface area contributed by atoms with Crippen LogP contribution in [-0.4, -0.2) is 54.0 Å². The Morgan fingerprint density at radius 2 is 2.15 bits per heavy atom. The van der Waals surface area contributed by atoms with Crippen molar-refractivity contribution in [2.24, 2.45) is 10.9 Å². The number of amides is 1. The van der Waals surface area contributed by atoms with Crippen molar-refractivity contribution in [3.05, 3.63) is 29.6 Å². The number of hydrogen-bond donors (Lipinski definition) is 2. The molecule has 2 aliphatic rings. The Hall–Kier alpha value is -2.11. The lowest BCUT2D eigenvalue weighted by atomic mass is 10.1. The highest BCUT2D eigenvalue weighted by atomic mass is 16.2. The fourth-order valence-corrected chi connectivity index (χ4v) is 4.09. The largest absolute Gasteiger partial charge is 0.357 e. The monoisotopic (exact) mass is 371 g/mol. The summed E-state index contributed by atoms with van der Waals surface area (Å²) in [5.74, 6) is 1.49. The number of guanidine groups is 1. The van der Waals surface area contributed by atoms with E-state index in [1.54, 1.807) is 0 Å². The summed E-state index contributed by atoms with van der Waals surface area (Å²) in [5.41, 5.74) is 2.50. The van der Waals surface area contributed by atoms with Gasteiger partial charge in [0.05, 0.1) is 0 Å². The van der Waals surface area contributed by atoms with Crippen molar-refractivity contribution in [1.29, 1.82) is 0 Å². The van der Waals surface area contributed by atoms with E-state index in [-0.39, 0.29) is 12.0 Å². The van der Waals surface area contributed by atoms with E-state index < -0.39 is 0 Å². The van der Waals surface area contributed by atoms with Gasteiger partial charge in [0.15, 0.2) is 5.96 Å². The van der Waals surface area contributed by atoms with Gasteiger partial charge in [-0.2, -0.15) is 0 Å². The van der Waals surface area contributed by atoms with E-state index in [1.165, 1.54) is 24.0 Å². The fraction of sp³-hybridized carbons (Fsp3) is 0.667. The molecule has 1 aromatic heterocycles. The minimum absolute atomic E-state index is 0.272. The van der Waals surface area contributed by atoms with Crippen LogP contribution in [0.3, 0.4) is 0 Å². The first-order chi connectivity index (χ1) is 13.2. The van der Waals surface area contributed by atoms with Gasteiger partial charge in [-0.15, -0.1) is 0 Å². The molecule has 6 heteroatoms. The van der Waals surface area contributed by atoms with Gasteiger partial charge < -0.3 is 15.5 Å². The third-order valence-corrected chi connectivity index (χ3v) is 5.68. The number of aromatic nitrogens is 1. The molecular weight excluding hydrogens is 338 g/mol. The molecule has 1 aliphatic carbocycles. The minimum Gasteiger partial charge on any atom is -0.357 e. The fourth-order valence-electron chi connectivity index (χ4n) is 4.09. The summed E-state index contributed by atoms with van der Waals surface area (Å²) in [6, 6.07) is 2.35. The SMILES string of the molecule is CCNC(=NCCc1ccncc1C)NC1CCN(C(=O)C2CCCC2)C1. The highest BCUT2D eigenvalue weighted by molar-refractivity contribution is 5.81. The smallest absolute Gasteiger partial charge is 0.225 e. The Kier molecular flexibility index (Phi) is 7.07. The Labute approximate surface area is 162 Å². The Balaban J connectivity index is 1.50. The average Bonchev–Trinajstić information content (AvgIpc) is 3.35. The Bertz CT molecular complexity index is 654. The molecule has 1 saturated carbocycles. The molecule has 6 nitrogen and oxygen atoms in total. The van der Waals surface area contributed by atoms with Gasteiger partial charge in [0.25, 0.3) is 0 Å². The number of hydrogen-bond acceptors (Lipinski definition) is 3. The van der Waals surface area contributed by atoms with Crippen LogP contribution in [0.2, 0.25) is 0 Å². The second-order valence-electron chi connectivity index (χ2n) is 7.71. The second-order valence-corrected chi connectivity index (χ2v) is 7.71. The summed E-state index contributed by atoms with van der Waals surface area (Å²) in [4.78, 5) is 23.5. The summed E-state index contributed by atoms with van der Waals surface area (Å²) in [6.45, 7) is 7.39. The maximum atomic E-state index is 12.6. The van der Waals surface area contributed by atoms with Crippen molar-refractivity contribution in [2.45, 2.75) is 58.4 Å². The van der Waals surface area contributed by atoms with Crippen LogP contribution in [0.25, 0.3) is 0 Å². The van der Waals surface area contributed by atoms with Crippen molar-refractivity contribution >= 4 is 11.9 Å². The molecule has 1 saturated heterocycles. The number of nitrogens with one attached hydrogen (secondary N) is 2. The lowest BCUT2D eigenvalue weighted by Gasteiger charge is -2.21. The summed E-state index contributed by atoms with van der Waals surface area (Å²) >= 11 is 0. The molecule has 0 bridgehead atoms. The quantitative estimate of drug-likeness (QED) is 0.595. The molecule has 148 valence electrons. The molecule has 2 N–H and O–H groups in total. The van der Waals surface area contributed by atoms with Crippen LogP contribution in [0.4, 0.5) is 0 Å². The van der Waals surface area contributed by atoms with E-state index in [4.69, 9.17) is 4.99 Å². The van der Waals surface area contributed by atoms with Gasteiger partial charge in [0, 0.05) is 50.5 Å². The van der Waals surface area contributed by atoms with E-state index in [0.29, 0.717) is 5.91 Å². The van der Waals surface area contributed by atoms with Gasteiger partial charge in [-0.1, -0.05) is 12.8 Å². The molecule has 1 amide bonds. The van der Waals surface area contributed by atoms with Crippen LogP contribution in [0, 0.1) is 12.8 Å². The van der Waals surface area contributed by atoms with Crippen molar-refractivity contribution in [2.75, 3.05) is 26.2 Å². The normalized spacial score (nSPS) is 20.9. The van der Waals surface area contributed by atoms with Gasteiger partial charge in [0.1, 0.15) is 0 Å². The zero-order valence-electron chi connectivity index (χ0n) is 16.7. The van der Waals surface area contributed by atoms with Gasteiger partial charge in [0.2, 0.25) is 5.91 Å². The number of aliphatic imine (C=N–C) groups is 1. The molecule has 1 atom stereocenters. The lowest BCUT2D eigenvalue weighted by molar-refractivity contribution is -0.134. The topological polar surface area (TPSA) is 69.6 Å². The van der Waals surface area contributed by atoms with Crippen LogP contribution < -0.4 is 10.6 Å². The zero-order valence-corrected chi connectivity index (χ0v) is 16.7. The molecule has 2 heterocycles. The molecule has 0 radical (unpaired) electrons. The molecule has 27 heavy (non-hydrogen) atoms. The molecule has 0 aromatic carbocycles. The maximum Gasteiger partial charge on any atom is 0.225 e. The Morgan fingerprint density at radius 3 is 2.89 bits per heavy atom. The molecule has 1 aromatic rings. The van der Waals surface area contributed by atoms with Crippen LogP contribution in [-0.2, 0) is 11.2 Å². The molecule has 3 rings (SSSR count). The van der Waals surface area contributed by atoms with E-state index in [2.05, 4.69) is 40.4 Å². The number of aryl methyl sites for hydroxylation is 1. The standard InChI is InChI=1S/C21H33N5O/c1-3-23-21(24-12-9-17-8-11-22-14-16(17)2)25-19-10-13-26(15-19)20(27)18-6-4-5-7-18/h8,11,14,18-19H,3-7,9-10,12-13,15H2,1-2H3,(H2,23,24,25). The number of likely N-dealkylation sites (tertiary alicyclic amines) is 1. The predicted octanol–water partition coefficient (Wildman–Crippen LogP) is 2.28. The number of rotatable bonds is 6. The summed E-state index contributed by atoms with van der Waals surface area (Å²) < 4.78 is 0. The summed E-state index contributed by atoms with van der Waals surface area (Å²) in [5, 5.41) is 6.86. The van der Waals surface area contributed by atoms with E-state index in [9.17, 15) is 4.79 Å². The Morgan fingerprint density at radius 1 is 1.33 bits per heavy atom.